The fourth-order valence-electron chi connectivity index (χ4n) is 1.56. The summed E-state index contributed by atoms with van der Waals surface area (Å²) in [5.41, 5.74) is 0.471. The van der Waals surface area contributed by atoms with Gasteiger partial charge >= 0.3 is 0 Å². The zero-order valence-electron chi connectivity index (χ0n) is 10.0. The van der Waals surface area contributed by atoms with Crippen molar-refractivity contribution >= 4 is 5.91 Å². The molecule has 0 unspecified atom stereocenters. The summed E-state index contributed by atoms with van der Waals surface area (Å²) in [6, 6.07) is 3.61. The Labute approximate surface area is 105 Å². The van der Waals surface area contributed by atoms with E-state index >= 15 is 0 Å². The number of nitrogens with zero attached hydrogens (tertiary/aromatic N) is 3. The third kappa shape index (κ3) is 2.74. The number of hydrogen-bond donors (Lipinski definition) is 0. The molecule has 2 aromatic rings. The van der Waals surface area contributed by atoms with E-state index in [2.05, 4.69) is 9.97 Å². The van der Waals surface area contributed by atoms with Gasteiger partial charge in [0.1, 0.15) is 11.5 Å². The Morgan fingerprint density at radius 3 is 2.94 bits per heavy atom. The first kappa shape index (κ1) is 12.3. The lowest BCUT2D eigenvalue weighted by Crippen LogP contribution is -2.31. The Hall–Kier alpha value is -2.17. The van der Waals surface area contributed by atoms with E-state index in [0.717, 1.165) is 5.76 Å². The quantitative estimate of drug-likeness (QED) is 0.821. The summed E-state index contributed by atoms with van der Waals surface area (Å²) in [6.45, 7) is 8.35. The SMILES string of the molecule is [CH]c1cncc(C(=O)N(CC)Cc2ccco2)n1. The summed E-state index contributed by atoms with van der Waals surface area (Å²) < 4.78 is 5.22. The molecular formula is C13H13N3O2. The predicted molar refractivity (Wildman–Crippen MR) is 64.6 cm³/mol. The predicted octanol–water partition coefficient (Wildman–Crippen LogP) is 1.79. The van der Waals surface area contributed by atoms with Crippen LogP contribution in [0.5, 0.6) is 0 Å². The van der Waals surface area contributed by atoms with Crippen LogP contribution in [0.4, 0.5) is 0 Å². The van der Waals surface area contributed by atoms with Gasteiger partial charge in [0.25, 0.3) is 5.91 Å². The number of carbonyl (C=O) groups excluding carboxylic acids is 1. The molecule has 0 aromatic carbocycles. The number of aromatic nitrogens is 2. The summed E-state index contributed by atoms with van der Waals surface area (Å²) in [4.78, 5) is 21.6. The minimum atomic E-state index is -0.214. The zero-order chi connectivity index (χ0) is 13.0. The number of furan rings is 1. The first-order valence-corrected chi connectivity index (χ1v) is 5.60. The average molecular weight is 243 g/mol. The standard InChI is InChI=1S/C13H13N3O2/c1-3-16(9-11-5-4-6-18-11)13(17)12-8-14-7-10(2)15-12/h2,4-8H,3,9H2,1H3. The molecule has 0 N–H and O–H groups in total. The molecule has 0 bridgehead atoms. The number of carbonyl (C=O) groups is 1. The average Bonchev–Trinajstić information content (AvgIpc) is 2.88. The third-order valence-electron chi connectivity index (χ3n) is 2.47. The van der Waals surface area contributed by atoms with Crippen LogP contribution >= 0.6 is 0 Å². The van der Waals surface area contributed by atoms with Gasteiger partial charge in [-0.25, -0.2) is 4.98 Å². The molecule has 18 heavy (non-hydrogen) atoms. The lowest BCUT2D eigenvalue weighted by molar-refractivity contribution is 0.0735. The topological polar surface area (TPSA) is 59.2 Å². The number of rotatable bonds is 4. The van der Waals surface area contributed by atoms with Gasteiger partial charge in [0.15, 0.2) is 0 Å². The van der Waals surface area contributed by atoms with Crippen LogP contribution < -0.4 is 0 Å². The summed E-state index contributed by atoms with van der Waals surface area (Å²) in [6.07, 6.45) is 4.39. The highest BCUT2D eigenvalue weighted by Crippen LogP contribution is 2.08. The Bertz CT molecular complexity index is 523. The van der Waals surface area contributed by atoms with E-state index in [1.807, 2.05) is 13.0 Å². The summed E-state index contributed by atoms with van der Waals surface area (Å²) >= 11 is 0. The molecule has 2 aromatic heterocycles. The second-order valence-electron chi connectivity index (χ2n) is 3.73. The van der Waals surface area contributed by atoms with E-state index in [1.54, 1.807) is 17.2 Å². The molecule has 0 aliphatic heterocycles. The van der Waals surface area contributed by atoms with Crippen molar-refractivity contribution in [1.82, 2.24) is 14.9 Å². The molecule has 92 valence electrons. The van der Waals surface area contributed by atoms with Gasteiger partial charge in [0.2, 0.25) is 0 Å². The fourth-order valence-corrected chi connectivity index (χ4v) is 1.56. The van der Waals surface area contributed by atoms with E-state index < -0.39 is 0 Å². The Morgan fingerprint density at radius 1 is 1.50 bits per heavy atom. The van der Waals surface area contributed by atoms with Crippen LogP contribution in [-0.4, -0.2) is 27.3 Å². The van der Waals surface area contributed by atoms with E-state index in [1.165, 1.54) is 12.4 Å². The monoisotopic (exact) mass is 243 g/mol. The Balaban J connectivity index is 2.15. The molecule has 0 spiro atoms. The second-order valence-corrected chi connectivity index (χ2v) is 3.73. The molecule has 2 radical (unpaired) electrons. The van der Waals surface area contributed by atoms with Gasteiger partial charge in [-0.05, 0) is 19.1 Å². The van der Waals surface area contributed by atoms with E-state index in [4.69, 9.17) is 11.3 Å². The van der Waals surface area contributed by atoms with Gasteiger partial charge in [0, 0.05) is 19.7 Å². The molecule has 2 rings (SSSR count). The summed E-state index contributed by atoms with van der Waals surface area (Å²) in [5, 5.41) is 0. The molecular weight excluding hydrogens is 230 g/mol. The van der Waals surface area contributed by atoms with Crippen LogP contribution in [0.3, 0.4) is 0 Å². The van der Waals surface area contributed by atoms with Crippen LogP contribution in [0, 0.1) is 6.92 Å². The number of amides is 1. The molecule has 0 fully saturated rings. The molecule has 2 heterocycles. The van der Waals surface area contributed by atoms with Gasteiger partial charge in [0.05, 0.1) is 24.7 Å². The van der Waals surface area contributed by atoms with Gasteiger partial charge in [-0.1, -0.05) is 0 Å². The van der Waals surface area contributed by atoms with Crippen molar-refractivity contribution in [2.24, 2.45) is 0 Å². The fraction of sp³-hybridized carbons (Fsp3) is 0.231. The maximum absolute atomic E-state index is 12.2. The normalized spacial score (nSPS) is 10.3. The van der Waals surface area contributed by atoms with Crippen molar-refractivity contribution in [2.45, 2.75) is 13.5 Å². The lowest BCUT2D eigenvalue weighted by Gasteiger charge is -2.18. The highest BCUT2D eigenvalue weighted by atomic mass is 16.3. The van der Waals surface area contributed by atoms with Gasteiger partial charge in [-0.2, -0.15) is 0 Å². The molecule has 0 saturated heterocycles. The van der Waals surface area contributed by atoms with Crippen LogP contribution in [0.2, 0.25) is 0 Å². The van der Waals surface area contributed by atoms with Gasteiger partial charge in [-0.15, -0.1) is 0 Å². The van der Waals surface area contributed by atoms with Crippen molar-refractivity contribution in [2.75, 3.05) is 6.54 Å². The maximum atomic E-state index is 12.2. The Morgan fingerprint density at radius 2 is 2.33 bits per heavy atom. The largest absolute Gasteiger partial charge is 0.467 e. The summed E-state index contributed by atoms with van der Waals surface area (Å²) in [5.74, 6) is 0.510. The molecule has 1 amide bonds. The van der Waals surface area contributed by atoms with E-state index in [-0.39, 0.29) is 17.3 Å². The summed E-state index contributed by atoms with van der Waals surface area (Å²) in [7, 11) is 0. The number of hydrogen-bond acceptors (Lipinski definition) is 4. The highest BCUT2D eigenvalue weighted by molar-refractivity contribution is 5.92. The minimum Gasteiger partial charge on any atom is -0.467 e. The van der Waals surface area contributed by atoms with Crippen LogP contribution in [0.1, 0.15) is 28.9 Å². The highest BCUT2D eigenvalue weighted by Gasteiger charge is 2.17. The lowest BCUT2D eigenvalue weighted by atomic mass is 10.3. The van der Waals surface area contributed by atoms with Crippen molar-refractivity contribution in [3.05, 3.63) is 54.9 Å². The van der Waals surface area contributed by atoms with Crippen molar-refractivity contribution in [3.63, 3.8) is 0 Å². The Kier molecular flexibility index (Phi) is 3.72. The van der Waals surface area contributed by atoms with E-state index in [9.17, 15) is 4.79 Å². The molecule has 5 nitrogen and oxygen atoms in total. The van der Waals surface area contributed by atoms with Crippen molar-refractivity contribution in [1.29, 1.82) is 0 Å². The third-order valence-corrected chi connectivity index (χ3v) is 2.47. The molecule has 0 aliphatic carbocycles. The van der Waals surface area contributed by atoms with E-state index in [0.29, 0.717) is 13.1 Å². The van der Waals surface area contributed by atoms with Crippen LogP contribution in [0.15, 0.2) is 35.2 Å². The minimum absolute atomic E-state index is 0.214. The molecule has 0 aliphatic rings. The van der Waals surface area contributed by atoms with Gasteiger partial charge < -0.3 is 9.32 Å². The first-order chi connectivity index (χ1) is 8.70. The molecule has 0 atom stereocenters. The molecule has 0 saturated carbocycles. The first-order valence-electron chi connectivity index (χ1n) is 5.60. The van der Waals surface area contributed by atoms with Crippen molar-refractivity contribution in [3.8, 4) is 0 Å². The second kappa shape index (κ2) is 5.44. The van der Waals surface area contributed by atoms with Crippen LogP contribution in [-0.2, 0) is 6.54 Å². The smallest absolute Gasteiger partial charge is 0.274 e. The van der Waals surface area contributed by atoms with Gasteiger partial charge in [-0.3, -0.25) is 9.78 Å². The maximum Gasteiger partial charge on any atom is 0.274 e. The zero-order valence-corrected chi connectivity index (χ0v) is 10.0. The van der Waals surface area contributed by atoms with Crippen molar-refractivity contribution < 1.29 is 9.21 Å². The van der Waals surface area contributed by atoms with Crippen LogP contribution in [0.25, 0.3) is 0 Å². The molecule has 5 heteroatoms.